The third-order valence-corrected chi connectivity index (χ3v) is 5.72. The number of hydrogen-bond acceptors (Lipinski definition) is 3. The lowest BCUT2D eigenvalue weighted by atomic mass is 9.86. The summed E-state index contributed by atoms with van der Waals surface area (Å²) in [7, 11) is 0.610. The second kappa shape index (κ2) is 7.88. The van der Waals surface area contributed by atoms with Gasteiger partial charge in [-0.15, -0.1) is 0 Å². The zero-order valence-corrected chi connectivity index (χ0v) is 14.1. The molecule has 1 N–H and O–H groups in total. The van der Waals surface area contributed by atoms with Crippen molar-refractivity contribution in [1.29, 1.82) is 0 Å². The number of aliphatic hydroxyl groups is 1. The number of hydrogen-bond donors (Lipinski definition) is 1. The zero-order valence-electron chi connectivity index (χ0n) is 13.3. The SMILES string of the molecule is CCS(=O)c1ccccc1C(=O)N(C)CC1CCCCC1O. The highest BCUT2D eigenvalue weighted by molar-refractivity contribution is 7.85. The summed E-state index contributed by atoms with van der Waals surface area (Å²) >= 11 is 0. The molecule has 2 rings (SSSR count). The highest BCUT2D eigenvalue weighted by Crippen LogP contribution is 2.25. The molecule has 0 bridgehead atoms. The van der Waals surface area contributed by atoms with Gasteiger partial charge in [-0.05, 0) is 25.0 Å². The van der Waals surface area contributed by atoms with Crippen LogP contribution in [0.4, 0.5) is 0 Å². The fourth-order valence-corrected chi connectivity index (χ4v) is 3.98. The molecule has 1 amide bonds. The van der Waals surface area contributed by atoms with Crippen molar-refractivity contribution < 1.29 is 14.1 Å². The Bertz CT molecular complexity index is 546. The summed E-state index contributed by atoms with van der Waals surface area (Å²) in [5.41, 5.74) is 0.510. The van der Waals surface area contributed by atoms with Crippen LogP contribution >= 0.6 is 0 Å². The van der Waals surface area contributed by atoms with Crippen molar-refractivity contribution in [3.05, 3.63) is 29.8 Å². The van der Waals surface area contributed by atoms with Crippen molar-refractivity contribution in [2.75, 3.05) is 19.3 Å². The Kier molecular flexibility index (Phi) is 6.15. The normalized spacial score (nSPS) is 23.0. The van der Waals surface area contributed by atoms with Crippen molar-refractivity contribution >= 4 is 16.7 Å². The molecular formula is C17H25NO3S. The predicted molar refractivity (Wildman–Crippen MR) is 88.3 cm³/mol. The molecule has 0 saturated heterocycles. The molecule has 0 heterocycles. The molecule has 122 valence electrons. The van der Waals surface area contributed by atoms with E-state index in [-0.39, 0.29) is 17.9 Å². The third-order valence-electron chi connectivity index (χ3n) is 4.35. The van der Waals surface area contributed by atoms with Crippen molar-refractivity contribution in [2.24, 2.45) is 5.92 Å². The first-order valence-electron chi connectivity index (χ1n) is 7.95. The van der Waals surface area contributed by atoms with E-state index in [1.54, 1.807) is 30.1 Å². The van der Waals surface area contributed by atoms with Gasteiger partial charge in [0.25, 0.3) is 5.91 Å². The third kappa shape index (κ3) is 3.96. The molecule has 3 atom stereocenters. The summed E-state index contributed by atoms with van der Waals surface area (Å²) in [5, 5.41) is 10.1. The Labute approximate surface area is 135 Å². The Morgan fingerprint density at radius 2 is 2.00 bits per heavy atom. The maximum atomic E-state index is 12.7. The monoisotopic (exact) mass is 323 g/mol. The summed E-state index contributed by atoms with van der Waals surface area (Å²) in [4.78, 5) is 14.9. The first-order valence-corrected chi connectivity index (χ1v) is 9.27. The molecule has 22 heavy (non-hydrogen) atoms. The van der Waals surface area contributed by atoms with E-state index in [4.69, 9.17) is 0 Å². The second-order valence-electron chi connectivity index (χ2n) is 5.93. The van der Waals surface area contributed by atoms with Gasteiger partial charge >= 0.3 is 0 Å². The minimum Gasteiger partial charge on any atom is -0.393 e. The zero-order chi connectivity index (χ0) is 16.1. The smallest absolute Gasteiger partial charge is 0.254 e. The summed E-state index contributed by atoms with van der Waals surface area (Å²) < 4.78 is 12.1. The van der Waals surface area contributed by atoms with E-state index < -0.39 is 10.8 Å². The van der Waals surface area contributed by atoms with Crippen LogP contribution in [-0.4, -0.2) is 45.6 Å². The van der Waals surface area contributed by atoms with E-state index in [2.05, 4.69) is 0 Å². The lowest BCUT2D eigenvalue weighted by Gasteiger charge is -2.31. The van der Waals surface area contributed by atoms with Gasteiger partial charge in [-0.25, -0.2) is 0 Å². The molecule has 0 spiro atoms. The van der Waals surface area contributed by atoms with Gasteiger partial charge in [0.1, 0.15) is 0 Å². The average molecular weight is 323 g/mol. The second-order valence-corrected chi connectivity index (χ2v) is 7.64. The van der Waals surface area contributed by atoms with Crippen LogP contribution in [0.25, 0.3) is 0 Å². The predicted octanol–water partition coefficient (Wildman–Crippen LogP) is 2.44. The van der Waals surface area contributed by atoms with Gasteiger partial charge in [0.05, 0.1) is 27.4 Å². The minimum atomic E-state index is -1.15. The summed E-state index contributed by atoms with van der Waals surface area (Å²) in [6.45, 7) is 2.40. The number of benzene rings is 1. The van der Waals surface area contributed by atoms with E-state index in [0.29, 0.717) is 22.8 Å². The molecule has 1 aliphatic rings. The molecule has 4 nitrogen and oxygen atoms in total. The molecule has 0 aromatic heterocycles. The maximum Gasteiger partial charge on any atom is 0.254 e. The topological polar surface area (TPSA) is 57.6 Å². The van der Waals surface area contributed by atoms with Crippen LogP contribution in [-0.2, 0) is 10.8 Å². The van der Waals surface area contributed by atoms with E-state index in [1.165, 1.54) is 0 Å². The molecule has 1 aliphatic carbocycles. The van der Waals surface area contributed by atoms with E-state index in [9.17, 15) is 14.1 Å². The number of carbonyl (C=O) groups is 1. The quantitative estimate of drug-likeness (QED) is 0.905. The molecule has 1 aromatic carbocycles. The lowest BCUT2D eigenvalue weighted by Crippen LogP contribution is -2.38. The molecule has 1 fully saturated rings. The first kappa shape index (κ1) is 17.2. The number of rotatable bonds is 5. The highest BCUT2D eigenvalue weighted by Gasteiger charge is 2.27. The van der Waals surface area contributed by atoms with Crippen LogP contribution in [0.2, 0.25) is 0 Å². The highest BCUT2D eigenvalue weighted by atomic mass is 32.2. The molecule has 1 saturated carbocycles. The maximum absolute atomic E-state index is 12.7. The largest absolute Gasteiger partial charge is 0.393 e. The van der Waals surface area contributed by atoms with Crippen LogP contribution in [0, 0.1) is 5.92 Å². The summed E-state index contributed by atoms with van der Waals surface area (Å²) in [5.74, 6) is 0.525. The van der Waals surface area contributed by atoms with E-state index in [1.807, 2.05) is 13.0 Å². The van der Waals surface area contributed by atoms with Gasteiger partial charge in [-0.2, -0.15) is 0 Å². The number of aliphatic hydroxyl groups excluding tert-OH is 1. The minimum absolute atomic E-state index is 0.116. The van der Waals surface area contributed by atoms with Crippen molar-refractivity contribution in [2.45, 2.75) is 43.6 Å². The van der Waals surface area contributed by atoms with Gasteiger partial charge in [0.15, 0.2) is 0 Å². The summed E-state index contributed by atoms with van der Waals surface area (Å²) in [6.07, 6.45) is 3.64. The Morgan fingerprint density at radius 3 is 2.68 bits per heavy atom. The fourth-order valence-electron chi connectivity index (χ4n) is 3.04. The first-order chi connectivity index (χ1) is 10.5. The van der Waals surface area contributed by atoms with E-state index >= 15 is 0 Å². The van der Waals surface area contributed by atoms with Crippen LogP contribution < -0.4 is 0 Å². The van der Waals surface area contributed by atoms with Gasteiger partial charge in [-0.3, -0.25) is 9.00 Å². The Hall–Kier alpha value is -1.20. The van der Waals surface area contributed by atoms with Gasteiger partial charge < -0.3 is 10.0 Å². The fraction of sp³-hybridized carbons (Fsp3) is 0.588. The van der Waals surface area contributed by atoms with Crippen LogP contribution in [0.5, 0.6) is 0 Å². The van der Waals surface area contributed by atoms with Crippen LogP contribution in [0.15, 0.2) is 29.2 Å². The standard InChI is InChI=1S/C17H25NO3S/c1-3-22(21)16-11-7-5-9-14(16)17(20)18(2)12-13-8-4-6-10-15(13)19/h5,7,9,11,13,15,19H,3-4,6,8,10,12H2,1-2H3. The summed E-state index contributed by atoms with van der Waals surface area (Å²) in [6, 6.07) is 7.10. The van der Waals surface area contributed by atoms with Crippen molar-refractivity contribution in [3.63, 3.8) is 0 Å². The molecule has 5 heteroatoms. The number of nitrogens with zero attached hydrogens (tertiary/aromatic N) is 1. The van der Waals surface area contributed by atoms with Gasteiger partial charge in [-0.1, -0.05) is 31.9 Å². The van der Waals surface area contributed by atoms with Gasteiger partial charge in [0.2, 0.25) is 0 Å². The lowest BCUT2D eigenvalue weighted by molar-refractivity contribution is 0.0449. The molecule has 0 aliphatic heterocycles. The van der Waals surface area contributed by atoms with Crippen LogP contribution in [0.1, 0.15) is 43.0 Å². The number of amides is 1. The Morgan fingerprint density at radius 1 is 1.32 bits per heavy atom. The van der Waals surface area contributed by atoms with Crippen molar-refractivity contribution in [1.82, 2.24) is 4.90 Å². The van der Waals surface area contributed by atoms with Gasteiger partial charge in [0, 0.05) is 25.3 Å². The molecule has 1 aromatic rings. The van der Waals surface area contributed by atoms with Crippen molar-refractivity contribution in [3.8, 4) is 0 Å². The molecular weight excluding hydrogens is 298 g/mol. The number of carbonyl (C=O) groups excluding carboxylic acids is 1. The van der Waals surface area contributed by atoms with Crippen LogP contribution in [0.3, 0.4) is 0 Å². The molecule has 0 radical (unpaired) electrons. The molecule has 3 unspecified atom stereocenters. The van der Waals surface area contributed by atoms with E-state index in [0.717, 1.165) is 25.7 Å². The Balaban J connectivity index is 2.12. The average Bonchev–Trinajstić information content (AvgIpc) is 2.55.